The van der Waals surface area contributed by atoms with Crippen LogP contribution in [-0.4, -0.2) is 87.2 Å². The second-order valence-corrected chi connectivity index (χ2v) is 11.2. The van der Waals surface area contributed by atoms with E-state index >= 15 is 0 Å². The van der Waals surface area contributed by atoms with Gasteiger partial charge in [-0.15, -0.1) is 0 Å². The fraction of sp³-hybridized carbons (Fsp3) is 0.848. The van der Waals surface area contributed by atoms with Gasteiger partial charge in [-0.2, -0.15) is 0 Å². The summed E-state index contributed by atoms with van der Waals surface area (Å²) in [4.78, 5) is 58.7. The van der Waals surface area contributed by atoms with Crippen molar-refractivity contribution in [3.63, 3.8) is 0 Å². The Kier molecular flexibility index (Phi) is 29.4. The zero-order valence-electron chi connectivity index (χ0n) is 27.7. The van der Waals surface area contributed by atoms with E-state index in [0.717, 1.165) is 51.4 Å². The monoisotopic (exact) mass is 645 g/mol. The van der Waals surface area contributed by atoms with Gasteiger partial charge < -0.3 is 34.1 Å². The van der Waals surface area contributed by atoms with Crippen molar-refractivity contribution in [3.8, 4) is 0 Å². The quantitative estimate of drug-likeness (QED) is 0.0449. The number of hydrogen-bond donors (Lipinski definition) is 2. The highest BCUT2D eigenvalue weighted by atomic mass is 16.6. The first kappa shape index (κ1) is 42.3. The van der Waals surface area contributed by atoms with E-state index in [0.29, 0.717) is 38.8 Å². The maximum absolute atomic E-state index is 12.2. The summed E-state index contributed by atoms with van der Waals surface area (Å²) in [5.74, 6) is -1.74. The Labute approximate surface area is 269 Å². The molecule has 45 heavy (non-hydrogen) atoms. The summed E-state index contributed by atoms with van der Waals surface area (Å²) < 4.78 is 25.6. The van der Waals surface area contributed by atoms with Gasteiger partial charge in [0.05, 0.1) is 6.61 Å². The fourth-order valence-electron chi connectivity index (χ4n) is 4.33. The van der Waals surface area contributed by atoms with Gasteiger partial charge in [0.15, 0.2) is 12.2 Å². The van der Waals surface area contributed by atoms with Crippen LogP contribution < -0.4 is 5.32 Å². The van der Waals surface area contributed by atoms with Crippen LogP contribution in [-0.2, 0) is 47.7 Å². The third-order valence-electron chi connectivity index (χ3n) is 6.95. The standard InChI is InChI=1S/C33H59NO11/c1-3-5-7-9-11-13-17-30(37)42-25-28(23-35)44-32(39)19-15-21-34-22-16-20-33(40)45-29(24-41-27-36)26-43-31(38)18-14-12-10-8-6-4-2/h27-29,34-35H,3-26H2,1-2H3. The highest BCUT2D eigenvalue weighted by Gasteiger charge is 2.18. The molecule has 2 N–H and O–H groups in total. The third kappa shape index (κ3) is 28.5. The Morgan fingerprint density at radius 3 is 1.47 bits per heavy atom. The van der Waals surface area contributed by atoms with Gasteiger partial charge in [-0.25, -0.2) is 0 Å². The topological polar surface area (TPSA) is 164 Å². The molecule has 0 saturated carbocycles. The van der Waals surface area contributed by atoms with Crippen molar-refractivity contribution in [1.29, 1.82) is 0 Å². The number of aliphatic hydroxyl groups is 1. The molecule has 0 aromatic rings. The van der Waals surface area contributed by atoms with Crippen molar-refractivity contribution in [1.82, 2.24) is 5.32 Å². The van der Waals surface area contributed by atoms with Crippen LogP contribution in [0.4, 0.5) is 0 Å². The van der Waals surface area contributed by atoms with Crippen LogP contribution in [0.25, 0.3) is 0 Å². The number of unbranched alkanes of at least 4 members (excludes halogenated alkanes) is 10. The number of rotatable bonds is 32. The number of carbonyl (C=O) groups is 5. The third-order valence-corrected chi connectivity index (χ3v) is 6.95. The summed E-state index contributed by atoms with van der Waals surface area (Å²) in [7, 11) is 0. The van der Waals surface area contributed by atoms with Gasteiger partial charge in [0.25, 0.3) is 6.47 Å². The Hall–Kier alpha value is -2.73. The van der Waals surface area contributed by atoms with Crippen molar-refractivity contribution in [2.75, 3.05) is 39.5 Å². The molecule has 0 rings (SSSR count). The molecule has 0 saturated heterocycles. The maximum atomic E-state index is 12.2. The van der Waals surface area contributed by atoms with Gasteiger partial charge in [-0.3, -0.25) is 24.0 Å². The number of nitrogens with one attached hydrogen (secondary N) is 1. The summed E-state index contributed by atoms with van der Waals surface area (Å²) in [5, 5.41) is 12.6. The van der Waals surface area contributed by atoms with Crippen LogP contribution >= 0.6 is 0 Å². The number of carbonyl (C=O) groups excluding carboxylic acids is 5. The average molecular weight is 646 g/mol. The molecule has 0 heterocycles. The minimum atomic E-state index is -0.894. The molecule has 0 aromatic carbocycles. The zero-order chi connectivity index (χ0) is 33.4. The van der Waals surface area contributed by atoms with Crippen LogP contribution in [0.15, 0.2) is 0 Å². The SMILES string of the molecule is CCCCCCCCC(=O)OCC(CO)OC(=O)CCCNCCCC(=O)OC(COC=O)COC(=O)CCCCCCCC. The van der Waals surface area contributed by atoms with Gasteiger partial charge in [0.2, 0.25) is 0 Å². The summed E-state index contributed by atoms with van der Waals surface area (Å²) in [5.41, 5.74) is 0. The largest absolute Gasteiger partial charge is 0.464 e. The van der Waals surface area contributed by atoms with E-state index in [1.807, 2.05) is 0 Å². The van der Waals surface area contributed by atoms with Crippen LogP contribution in [0.2, 0.25) is 0 Å². The van der Waals surface area contributed by atoms with Crippen molar-refractivity contribution >= 4 is 30.3 Å². The summed E-state index contributed by atoms with van der Waals surface area (Å²) in [6.07, 6.45) is 12.7. The van der Waals surface area contributed by atoms with Crippen molar-refractivity contribution in [3.05, 3.63) is 0 Å². The van der Waals surface area contributed by atoms with Crippen molar-refractivity contribution in [2.24, 2.45) is 0 Å². The lowest BCUT2D eigenvalue weighted by atomic mass is 10.1. The molecule has 0 bridgehead atoms. The maximum Gasteiger partial charge on any atom is 0.306 e. The number of hydrogen-bond acceptors (Lipinski definition) is 12. The zero-order valence-corrected chi connectivity index (χ0v) is 27.7. The summed E-state index contributed by atoms with van der Waals surface area (Å²) >= 11 is 0. The van der Waals surface area contributed by atoms with Crippen molar-refractivity contribution < 1.29 is 52.8 Å². The molecular weight excluding hydrogens is 586 g/mol. The van der Waals surface area contributed by atoms with Gasteiger partial charge in [0, 0.05) is 25.7 Å². The lowest BCUT2D eigenvalue weighted by molar-refractivity contribution is -0.164. The minimum absolute atomic E-state index is 0.105. The summed E-state index contributed by atoms with van der Waals surface area (Å²) in [6, 6.07) is 0. The van der Waals surface area contributed by atoms with Gasteiger partial charge in [0.1, 0.15) is 19.8 Å². The number of aliphatic hydroxyl groups excluding tert-OH is 1. The highest BCUT2D eigenvalue weighted by molar-refractivity contribution is 5.71. The van der Waals surface area contributed by atoms with E-state index in [1.165, 1.54) is 25.7 Å². The minimum Gasteiger partial charge on any atom is -0.464 e. The fourth-order valence-corrected chi connectivity index (χ4v) is 4.33. The van der Waals surface area contributed by atoms with E-state index in [-0.39, 0.29) is 51.1 Å². The molecule has 12 nitrogen and oxygen atoms in total. The number of ether oxygens (including phenoxy) is 5. The molecule has 0 amide bonds. The lowest BCUT2D eigenvalue weighted by Crippen LogP contribution is -2.30. The van der Waals surface area contributed by atoms with E-state index in [1.54, 1.807) is 0 Å². The Bertz CT molecular complexity index is 778. The molecular formula is C33H59NO11. The lowest BCUT2D eigenvalue weighted by Gasteiger charge is -2.17. The molecule has 0 aliphatic carbocycles. The first-order chi connectivity index (χ1) is 21.9. The van der Waals surface area contributed by atoms with Crippen LogP contribution in [0.3, 0.4) is 0 Å². The summed E-state index contributed by atoms with van der Waals surface area (Å²) in [6.45, 7) is 4.56. The Balaban J connectivity index is 4.01. The second-order valence-electron chi connectivity index (χ2n) is 11.2. The molecule has 12 heteroatoms. The van der Waals surface area contributed by atoms with Gasteiger partial charge in [-0.1, -0.05) is 78.1 Å². The van der Waals surface area contributed by atoms with E-state index < -0.39 is 30.8 Å². The van der Waals surface area contributed by atoms with Crippen LogP contribution in [0.1, 0.15) is 129 Å². The van der Waals surface area contributed by atoms with E-state index in [4.69, 9.17) is 23.7 Å². The molecule has 0 aliphatic heterocycles. The molecule has 0 aromatic heterocycles. The smallest absolute Gasteiger partial charge is 0.306 e. The molecule has 0 aliphatic rings. The average Bonchev–Trinajstić information content (AvgIpc) is 3.03. The van der Waals surface area contributed by atoms with Crippen LogP contribution in [0, 0.1) is 0 Å². The molecule has 0 spiro atoms. The number of esters is 4. The molecule has 2 unspecified atom stereocenters. The van der Waals surface area contributed by atoms with Gasteiger partial charge >= 0.3 is 23.9 Å². The van der Waals surface area contributed by atoms with E-state index in [9.17, 15) is 29.1 Å². The molecule has 2 atom stereocenters. The first-order valence-electron chi connectivity index (χ1n) is 16.9. The first-order valence-corrected chi connectivity index (χ1v) is 16.9. The predicted molar refractivity (Wildman–Crippen MR) is 168 cm³/mol. The highest BCUT2D eigenvalue weighted by Crippen LogP contribution is 2.09. The molecule has 262 valence electrons. The van der Waals surface area contributed by atoms with Crippen LogP contribution in [0.5, 0.6) is 0 Å². The van der Waals surface area contributed by atoms with Crippen molar-refractivity contribution in [2.45, 2.75) is 142 Å². The Morgan fingerprint density at radius 1 is 0.578 bits per heavy atom. The van der Waals surface area contributed by atoms with E-state index in [2.05, 4.69) is 19.2 Å². The Morgan fingerprint density at radius 2 is 1.00 bits per heavy atom. The predicted octanol–water partition coefficient (Wildman–Crippen LogP) is 4.71. The van der Waals surface area contributed by atoms with Gasteiger partial charge in [-0.05, 0) is 38.8 Å². The normalized spacial score (nSPS) is 12.2. The molecule has 0 fully saturated rings. The molecule has 0 radical (unpaired) electrons. The second kappa shape index (κ2) is 31.3.